The second-order valence-corrected chi connectivity index (χ2v) is 7.02. The average Bonchev–Trinajstić information content (AvgIpc) is 3.00. The van der Waals surface area contributed by atoms with E-state index in [9.17, 15) is 0 Å². The van der Waals surface area contributed by atoms with Gasteiger partial charge in [-0.25, -0.2) is 4.98 Å². The first kappa shape index (κ1) is 18.2. The predicted octanol–water partition coefficient (Wildman–Crippen LogP) is 1.95. The van der Waals surface area contributed by atoms with Crippen LogP contribution in [-0.2, 0) is 16.0 Å². The Bertz CT molecular complexity index is 472. The minimum Gasteiger partial charge on any atom is -0.381 e. The van der Waals surface area contributed by atoms with Crippen LogP contribution >= 0.6 is 11.3 Å². The molecule has 2 rings (SSSR count). The van der Waals surface area contributed by atoms with Gasteiger partial charge in [-0.15, -0.1) is 11.3 Å². The molecule has 0 atom stereocenters. The maximum Gasteiger partial charge on any atom is 0.191 e. The van der Waals surface area contributed by atoms with Gasteiger partial charge in [-0.05, 0) is 32.1 Å². The molecule has 2 N–H and O–H groups in total. The molecule has 6 nitrogen and oxygen atoms in total. The van der Waals surface area contributed by atoms with Crippen LogP contribution in [-0.4, -0.2) is 51.0 Å². The molecule has 130 valence electrons. The van der Waals surface area contributed by atoms with Crippen molar-refractivity contribution in [2.24, 2.45) is 10.9 Å². The van der Waals surface area contributed by atoms with Gasteiger partial charge >= 0.3 is 0 Å². The van der Waals surface area contributed by atoms with Crippen LogP contribution in [0.15, 0.2) is 11.2 Å². The summed E-state index contributed by atoms with van der Waals surface area (Å²) >= 11 is 1.70. The number of nitrogens with zero attached hydrogens (tertiary/aromatic N) is 2. The zero-order valence-corrected chi connectivity index (χ0v) is 15.0. The monoisotopic (exact) mass is 340 g/mol. The van der Waals surface area contributed by atoms with Gasteiger partial charge in [0, 0.05) is 51.1 Å². The van der Waals surface area contributed by atoms with Gasteiger partial charge in [0.2, 0.25) is 0 Å². The maximum absolute atomic E-state index is 5.76. The normalized spacial score (nSPS) is 16.5. The van der Waals surface area contributed by atoms with Crippen LogP contribution in [0.1, 0.15) is 29.1 Å². The number of nitrogens with one attached hydrogen (secondary N) is 2. The summed E-state index contributed by atoms with van der Waals surface area (Å²) in [5, 5.41) is 7.65. The van der Waals surface area contributed by atoms with Crippen molar-refractivity contribution in [1.29, 1.82) is 0 Å². The van der Waals surface area contributed by atoms with E-state index in [4.69, 9.17) is 9.47 Å². The highest BCUT2D eigenvalue weighted by Gasteiger charge is 2.13. The van der Waals surface area contributed by atoms with Gasteiger partial charge in [0.15, 0.2) is 5.96 Å². The van der Waals surface area contributed by atoms with Crippen LogP contribution < -0.4 is 10.6 Å². The van der Waals surface area contributed by atoms with Crippen molar-refractivity contribution in [3.05, 3.63) is 16.1 Å². The van der Waals surface area contributed by atoms with Crippen LogP contribution in [0.25, 0.3) is 0 Å². The first-order valence-corrected chi connectivity index (χ1v) is 9.11. The lowest BCUT2D eigenvalue weighted by Crippen LogP contribution is -2.37. The van der Waals surface area contributed by atoms with E-state index in [1.807, 2.05) is 6.20 Å². The number of guanidine groups is 1. The third-order valence-electron chi connectivity index (χ3n) is 3.75. The first-order valence-electron chi connectivity index (χ1n) is 8.29. The highest BCUT2D eigenvalue weighted by atomic mass is 32.1. The van der Waals surface area contributed by atoms with E-state index < -0.39 is 0 Å². The smallest absolute Gasteiger partial charge is 0.191 e. The molecule has 1 aromatic heterocycles. The molecule has 1 fully saturated rings. The molecule has 1 aromatic rings. The Kier molecular flexibility index (Phi) is 8.35. The van der Waals surface area contributed by atoms with Gasteiger partial charge in [0.05, 0.1) is 6.54 Å². The summed E-state index contributed by atoms with van der Waals surface area (Å²) in [6.45, 7) is 7.04. The molecule has 1 aliphatic heterocycles. The molecule has 0 bridgehead atoms. The molecule has 2 heterocycles. The number of thiazole rings is 1. The van der Waals surface area contributed by atoms with E-state index in [0.29, 0.717) is 12.5 Å². The molecular weight excluding hydrogens is 312 g/mol. The minimum atomic E-state index is 0.674. The van der Waals surface area contributed by atoms with E-state index in [2.05, 4.69) is 27.5 Å². The van der Waals surface area contributed by atoms with Crippen molar-refractivity contribution in [3.63, 3.8) is 0 Å². The third-order valence-corrected chi connectivity index (χ3v) is 4.66. The molecule has 0 spiro atoms. The fourth-order valence-electron chi connectivity index (χ4n) is 2.41. The topological polar surface area (TPSA) is 67.8 Å². The lowest BCUT2D eigenvalue weighted by atomic mass is 10.0. The average molecular weight is 340 g/mol. The summed E-state index contributed by atoms with van der Waals surface area (Å²) < 4.78 is 11.1. The summed E-state index contributed by atoms with van der Waals surface area (Å²) in [4.78, 5) is 9.78. The fraction of sp³-hybridized carbons (Fsp3) is 0.750. The highest BCUT2D eigenvalue weighted by molar-refractivity contribution is 7.11. The summed E-state index contributed by atoms with van der Waals surface area (Å²) in [6, 6.07) is 0. The quantitative estimate of drug-likeness (QED) is 0.430. The van der Waals surface area contributed by atoms with Gasteiger partial charge in [-0.3, -0.25) is 4.99 Å². The van der Waals surface area contributed by atoms with Crippen LogP contribution in [0, 0.1) is 12.8 Å². The maximum atomic E-state index is 5.76. The standard InChI is InChI=1S/C16H28N4O2S/c1-13-10-19-15(23-13)11-20-16(17-2)18-6-3-7-22-12-14-4-8-21-9-5-14/h10,14H,3-9,11-12H2,1-2H3,(H2,17,18,20). The Morgan fingerprint density at radius 1 is 1.43 bits per heavy atom. The van der Waals surface area contributed by atoms with Gasteiger partial charge < -0.3 is 20.1 Å². The molecular formula is C16H28N4O2S. The Morgan fingerprint density at radius 3 is 2.96 bits per heavy atom. The molecule has 1 saturated heterocycles. The number of ether oxygens (including phenoxy) is 2. The summed E-state index contributed by atoms with van der Waals surface area (Å²) in [6.07, 6.45) is 5.13. The van der Waals surface area contributed by atoms with Crippen molar-refractivity contribution in [3.8, 4) is 0 Å². The number of hydrogen-bond acceptors (Lipinski definition) is 5. The zero-order valence-electron chi connectivity index (χ0n) is 14.1. The van der Waals surface area contributed by atoms with E-state index in [0.717, 1.165) is 63.2 Å². The summed E-state index contributed by atoms with van der Waals surface area (Å²) in [5.41, 5.74) is 0. The van der Waals surface area contributed by atoms with Crippen molar-refractivity contribution in [2.45, 2.75) is 32.7 Å². The minimum absolute atomic E-state index is 0.674. The zero-order chi connectivity index (χ0) is 16.3. The molecule has 0 unspecified atom stereocenters. The molecule has 23 heavy (non-hydrogen) atoms. The Labute approximate surface area is 142 Å². The first-order chi connectivity index (χ1) is 11.3. The van der Waals surface area contributed by atoms with Gasteiger partial charge in [-0.1, -0.05) is 0 Å². The predicted molar refractivity (Wildman–Crippen MR) is 94.0 cm³/mol. The number of aliphatic imine (C=N–C) groups is 1. The van der Waals surface area contributed by atoms with Gasteiger partial charge in [0.25, 0.3) is 0 Å². The molecule has 0 radical (unpaired) electrons. The molecule has 0 amide bonds. The van der Waals surface area contributed by atoms with Crippen LogP contribution in [0.4, 0.5) is 0 Å². The Hall–Kier alpha value is -1.18. The largest absolute Gasteiger partial charge is 0.381 e. The number of hydrogen-bond donors (Lipinski definition) is 2. The summed E-state index contributed by atoms with van der Waals surface area (Å²) in [7, 11) is 1.78. The van der Waals surface area contributed by atoms with Gasteiger partial charge in [-0.2, -0.15) is 0 Å². The SMILES string of the molecule is CN=C(NCCCOCC1CCOCC1)NCc1ncc(C)s1. The van der Waals surface area contributed by atoms with Crippen LogP contribution in [0.5, 0.6) is 0 Å². The number of rotatable bonds is 8. The second kappa shape index (κ2) is 10.6. The van der Waals surface area contributed by atoms with E-state index >= 15 is 0 Å². The van der Waals surface area contributed by atoms with Crippen molar-refractivity contribution in [2.75, 3.05) is 40.0 Å². The molecule has 7 heteroatoms. The fourth-order valence-corrected chi connectivity index (χ4v) is 3.13. The molecule has 0 aliphatic carbocycles. The molecule has 0 saturated carbocycles. The highest BCUT2D eigenvalue weighted by Crippen LogP contribution is 2.14. The van der Waals surface area contributed by atoms with E-state index in [1.165, 1.54) is 4.88 Å². The van der Waals surface area contributed by atoms with Crippen LogP contribution in [0.3, 0.4) is 0 Å². The van der Waals surface area contributed by atoms with Gasteiger partial charge in [0.1, 0.15) is 5.01 Å². The number of aromatic nitrogens is 1. The number of aryl methyl sites for hydroxylation is 1. The lowest BCUT2D eigenvalue weighted by molar-refractivity contribution is 0.0203. The van der Waals surface area contributed by atoms with Crippen LogP contribution in [0.2, 0.25) is 0 Å². The third kappa shape index (κ3) is 7.28. The van der Waals surface area contributed by atoms with Crippen molar-refractivity contribution in [1.82, 2.24) is 15.6 Å². The van der Waals surface area contributed by atoms with Crippen molar-refractivity contribution >= 4 is 17.3 Å². The van der Waals surface area contributed by atoms with E-state index in [1.54, 1.807) is 18.4 Å². The Morgan fingerprint density at radius 2 is 2.26 bits per heavy atom. The lowest BCUT2D eigenvalue weighted by Gasteiger charge is -2.21. The van der Waals surface area contributed by atoms with E-state index in [-0.39, 0.29) is 0 Å². The second-order valence-electron chi connectivity index (χ2n) is 5.70. The molecule has 1 aliphatic rings. The van der Waals surface area contributed by atoms with Crippen molar-refractivity contribution < 1.29 is 9.47 Å². The summed E-state index contributed by atoms with van der Waals surface area (Å²) in [5.74, 6) is 1.48. The molecule has 0 aromatic carbocycles. The Balaban J connectivity index is 1.50.